The number of carbonyl (C=O) groups excluding carboxylic acids is 1. The third kappa shape index (κ3) is 3.77. The van der Waals surface area contributed by atoms with Crippen LogP contribution in [0.25, 0.3) is 0 Å². The molecular weight excluding hydrogens is 344 g/mol. The van der Waals surface area contributed by atoms with Gasteiger partial charge in [0.15, 0.2) is 0 Å². The maximum atomic E-state index is 12.8. The Morgan fingerprint density at radius 3 is 2.68 bits per heavy atom. The molecule has 1 aliphatic heterocycles. The van der Waals surface area contributed by atoms with Crippen LogP contribution >= 0.6 is 11.6 Å². The molecule has 1 saturated heterocycles. The number of amides is 1. The Kier molecular flexibility index (Phi) is 4.96. The number of benzene rings is 1. The number of hydrogen-bond donors (Lipinski definition) is 1. The van der Waals surface area contributed by atoms with E-state index in [0.29, 0.717) is 35.1 Å². The molecule has 1 atom stereocenters. The molecule has 1 amide bonds. The number of carbonyl (C=O) groups is 1. The van der Waals surface area contributed by atoms with Gasteiger partial charge < -0.3 is 14.7 Å². The van der Waals surface area contributed by atoms with Gasteiger partial charge in [-0.05, 0) is 39.0 Å². The van der Waals surface area contributed by atoms with Crippen molar-refractivity contribution in [3.05, 3.63) is 40.7 Å². The minimum atomic E-state index is -0.659. The largest absolute Gasteiger partial charge is 0.490 e. The van der Waals surface area contributed by atoms with Gasteiger partial charge in [0.2, 0.25) is 0 Å². The number of aliphatic hydroxyl groups excluding tert-OH is 1. The second-order valence-corrected chi connectivity index (χ2v) is 6.91. The number of nitrogens with zero attached hydrogens (tertiary/aromatic N) is 4. The van der Waals surface area contributed by atoms with Crippen LogP contribution < -0.4 is 4.74 Å². The van der Waals surface area contributed by atoms with Crippen LogP contribution in [0.2, 0.25) is 5.02 Å². The summed E-state index contributed by atoms with van der Waals surface area (Å²) >= 11 is 6.05. The van der Waals surface area contributed by atoms with E-state index in [9.17, 15) is 9.90 Å². The van der Waals surface area contributed by atoms with Gasteiger partial charge in [-0.1, -0.05) is 16.8 Å². The lowest BCUT2D eigenvalue weighted by Gasteiger charge is -2.39. The Hall–Kier alpha value is -2.12. The average molecular weight is 365 g/mol. The highest BCUT2D eigenvalue weighted by molar-refractivity contribution is 6.31. The summed E-state index contributed by atoms with van der Waals surface area (Å²) in [4.78, 5) is 14.5. The Labute approximate surface area is 151 Å². The zero-order valence-electron chi connectivity index (χ0n) is 14.4. The van der Waals surface area contributed by atoms with Crippen molar-refractivity contribution in [2.75, 3.05) is 13.1 Å². The van der Waals surface area contributed by atoms with E-state index in [4.69, 9.17) is 16.3 Å². The summed E-state index contributed by atoms with van der Waals surface area (Å²) in [6.45, 7) is 6.50. The SMILES string of the molecule is CC(C)Oc1ccc(Cl)cc1C(=O)N1CC(n2cc([C@@H](C)O)nn2)C1. The molecule has 1 aromatic carbocycles. The van der Waals surface area contributed by atoms with Crippen LogP contribution in [0, 0.1) is 0 Å². The number of halogens is 1. The van der Waals surface area contributed by atoms with Gasteiger partial charge in [0.1, 0.15) is 11.4 Å². The molecule has 1 N–H and O–H groups in total. The van der Waals surface area contributed by atoms with E-state index in [2.05, 4.69) is 10.3 Å². The molecule has 0 saturated carbocycles. The van der Waals surface area contributed by atoms with E-state index in [1.165, 1.54) is 0 Å². The number of hydrogen-bond acceptors (Lipinski definition) is 5. The number of aromatic nitrogens is 3. The van der Waals surface area contributed by atoms with Crippen LogP contribution in [0.1, 0.15) is 49.0 Å². The summed E-state index contributed by atoms with van der Waals surface area (Å²) in [5.74, 6) is 0.412. The third-order valence-corrected chi connectivity index (χ3v) is 4.25. The van der Waals surface area contributed by atoms with Gasteiger partial charge >= 0.3 is 0 Å². The lowest BCUT2D eigenvalue weighted by molar-refractivity contribution is 0.0492. The Bertz CT molecular complexity index is 769. The predicted molar refractivity (Wildman–Crippen MR) is 92.8 cm³/mol. The molecule has 8 heteroatoms. The molecule has 3 rings (SSSR count). The quantitative estimate of drug-likeness (QED) is 0.881. The monoisotopic (exact) mass is 364 g/mol. The van der Waals surface area contributed by atoms with Gasteiger partial charge in [0.25, 0.3) is 5.91 Å². The maximum absolute atomic E-state index is 12.8. The van der Waals surface area contributed by atoms with E-state index >= 15 is 0 Å². The fraction of sp³-hybridized carbons (Fsp3) is 0.471. The molecule has 1 aliphatic rings. The zero-order chi connectivity index (χ0) is 18.1. The first kappa shape index (κ1) is 17.7. The van der Waals surface area contributed by atoms with Crippen LogP contribution in [0.4, 0.5) is 0 Å². The van der Waals surface area contributed by atoms with Gasteiger partial charge in [0.05, 0.1) is 30.0 Å². The van der Waals surface area contributed by atoms with Crippen molar-refractivity contribution in [2.24, 2.45) is 0 Å². The van der Waals surface area contributed by atoms with E-state index in [1.807, 2.05) is 13.8 Å². The van der Waals surface area contributed by atoms with E-state index in [0.717, 1.165) is 0 Å². The highest BCUT2D eigenvalue weighted by Gasteiger charge is 2.34. The van der Waals surface area contributed by atoms with Crippen molar-refractivity contribution in [3.8, 4) is 5.75 Å². The molecule has 2 aromatic rings. The normalized spacial score (nSPS) is 16.0. The van der Waals surface area contributed by atoms with Gasteiger partial charge in [-0.2, -0.15) is 0 Å². The van der Waals surface area contributed by atoms with Crippen LogP contribution in [-0.2, 0) is 0 Å². The average Bonchev–Trinajstić information content (AvgIpc) is 2.96. The molecular formula is C17H21ClN4O3. The summed E-state index contributed by atoms with van der Waals surface area (Å²) in [5.41, 5.74) is 0.982. The Balaban J connectivity index is 1.70. The van der Waals surface area contributed by atoms with Crippen molar-refractivity contribution in [1.82, 2.24) is 19.9 Å². The second kappa shape index (κ2) is 7.01. The number of aliphatic hydroxyl groups is 1. The first-order valence-corrected chi connectivity index (χ1v) is 8.58. The molecule has 0 aliphatic carbocycles. The smallest absolute Gasteiger partial charge is 0.257 e. The highest BCUT2D eigenvalue weighted by Crippen LogP contribution is 2.29. The molecule has 7 nitrogen and oxygen atoms in total. The topological polar surface area (TPSA) is 80.5 Å². The molecule has 1 fully saturated rings. The van der Waals surface area contributed by atoms with Crippen molar-refractivity contribution in [1.29, 1.82) is 0 Å². The Morgan fingerprint density at radius 2 is 2.08 bits per heavy atom. The fourth-order valence-corrected chi connectivity index (χ4v) is 2.82. The highest BCUT2D eigenvalue weighted by atomic mass is 35.5. The lowest BCUT2D eigenvalue weighted by Crippen LogP contribution is -2.51. The molecule has 25 heavy (non-hydrogen) atoms. The summed E-state index contributed by atoms with van der Waals surface area (Å²) in [5, 5.41) is 18.0. The summed E-state index contributed by atoms with van der Waals surface area (Å²) in [7, 11) is 0. The van der Waals surface area contributed by atoms with E-state index in [-0.39, 0.29) is 18.1 Å². The summed E-state index contributed by atoms with van der Waals surface area (Å²) < 4.78 is 7.41. The second-order valence-electron chi connectivity index (χ2n) is 6.47. The summed E-state index contributed by atoms with van der Waals surface area (Å²) in [6.07, 6.45) is 1.02. The van der Waals surface area contributed by atoms with Gasteiger partial charge in [-0.3, -0.25) is 4.79 Å². The molecule has 0 bridgehead atoms. The van der Waals surface area contributed by atoms with Gasteiger partial charge in [-0.15, -0.1) is 5.10 Å². The summed E-state index contributed by atoms with van der Waals surface area (Å²) in [6, 6.07) is 5.12. The number of likely N-dealkylation sites (tertiary alicyclic amines) is 1. The van der Waals surface area contributed by atoms with E-state index < -0.39 is 6.10 Å². The van der Waals surface area contributed by atoms with Gasteiger partial charge in [-0.25, -0.2) is 4.68 Å². The standard InChI is InChI=1S/C17H21ClN4O3/c1-10(2)25-16-5-4-12(18)6-14(16)17(24)21-7-13(8-21)22-9-15(11(3)23)19-20-22/h4-6,9-11,13,23H,7-8H2,1-3H3/t11-/m1/s1. The minimum Gasteiger partial charge on any atom is -0.490 e. The molecule has 0 unspecified atom stereocenters. The van der Waals surface area contributed by atoms with E-state index in [1.54, 1.807) is 40.9 Å². The van der Waals surface area contributed by atoms with Crippen LogP contribution in [0.15, 0.2) is 24.4 Å². The van der Waals surface area contributed by atoms with Crippen molar-refractivity contribution >= 4 is 17.5 Å². The van der Waals surface area contributed by atoms with Crippen molar-refractivity contribution in [2.45, 2.75) is 39.0 Å². The fourth-order valence-electron chi connectivity index (χ4n) is 2.65. The Morgan fingerprint density at radius 1 is 1.36 bits per heavy atom. The van der Waals surface area contributed by atoms with Crippen LogP contribution in [-0.4, -0.2) is 50.1 Å². The van der Waals surface area contributed by atoms with Crippen molar-refractivity contribution in [3.63, 3.8) is 0 Å². The van der Waals surface area contributed by atoms with Crippen LogP contribution in [0.3, 0.4) is 0 Å². The number of rotatable bonds is 5. The molecule has 0 radical (unpaired) electrons. The van der Waals surface area contributed by atoms with Gasteiger partial charge in [0, 0.05) is 18.1 Å². The molecule has 134 valence electrons. The molecule has 2 heterocycles. The minimum absolute atomic E-state index is 0.0362. The predicted octanol–water partition coefficient (Wildman–Crippen LogP) is 2.47. The van der Waals surface area contributed by atoms with Crippen molar-refractivity contribution < 1.29 is 14.6 Å². The zero-order valence-corrected chi connectivity index (χ0v) is 15.1. The number of ether oxygens (including phenoxy) is 1. The lowest BCUT2D eigenvalue weighted by atomic mass is 10.1. The first-order chi connectivity index (χ1) is 11.8. The first-order valence-electron chi connectivity index (χ1n) is 8.20. The maximum Gasteiger partial charge on any atom is 0.257 e. The van der Waals surface area contributed by atoms with Crippen LogP contribution in [0.5, 0.6) is 5.75 Å². The molecule has 0 spiro atoms. The third-order valence-electron chi connectivity index (χ3n) is 4.01. The molecule has 1 aromatic heterocycles.